The lowest BCUT2D eigenvalue weighted by molar-refractivity contribution is -0.147. The third-order valence-corrected chi connectivity index (χ3v) is 12.5. The molecule has 2 aromatic carbocycles. The number of nitrogens with one attached hydrogen (secondary N) is 1. The summed E-state index contributed by atoms with van der Waals surface area (Å²) in [6, 6.07) is 21.9. The smallest absolute Gasteiger partial charge is 0.323 e. The molecular weight excluding hydrogens is 758 g/mol. The minimum absolute atomic E-state index is 0.0496. The molecule has 0 radical (unpaired) electrons. The molecule has 57 heavy (non-hydrogen) atoms. The summed E-state index contributed by atoms with van der Waals surface area (Å²) in [5.41, 5.74) is 6.82. The van der Waals surface area contributed by atoms with Gasteiger partial charge in [-0.05, 0) is 97.5 Å². The molecule has 5 heterocycles. The quantitative estimate of drug-likeness (QED) is 0.0776. The van der Waals surface area contributed by atoms with Gasteiger partial charge < -0.3 is 24.8 Å². The van der Waals surface area contributed by atoms with Crippen LogP contribution in [0.15, 0.2) is 79.1 Å². The summed E-state index contributed by atoms with van der Waals surface area (Å²) in [4.78, 5) is 54.2. The summed E-state index contributed by atoms with van der Waals surface area (Å²) in [5, 5.41) is 4.50. The normalized spacial score (nSPS) is 17.3. The molecule has 4 aromatic rings. The lowest BCUT2D eigenvalue weighted by atomic mass is 9.94. The van der Waals surface area contributed by atoms with E-state index >= 15 is 0 Å². The van der Waals surface area contributed by atoms with Gasteiger partial charge in [0.2, 0.25) is 12.3 Å². The molecule has 3 unspecified atom stereocenters. The Morgan fingerprint density at radius 3 is 2.42 bits per heavy atom. The van der Waals surface area contributed by atoms with Crippen LogP contribution in [0.5, 0.6) is 5.75 Å². The first-order valence-electron chi connectivity index (χ1n) is 20.0. The number of nitrogens with zero attached hydrogens (tertiary/aromatic N) is 3. The number of thiophene rings is 1. The zero-order chi connectivity index (χ0) is 41.2. The molecular formula is C44H60N5O6PS. The molecule has 3 aliphatic heterocycles. The highest BCUT2D eigenvalue weighted by molar-refractivity contribution is 7.50. The van der Waals surface area contributed by atoms with Gasteiger partial charge in [-0.25, -0.2) is 5.09 Å². The first kappa shape index (κ1) is 45.5. The van der Waals surface area contributed by atoms with Crippen molar-refractivity contribution in [3.05, 3.63) is 95.1 Å². The van der Waals surface area contributed by atoms with Crippen LogP contribution in [0.3, 0.4) is 0 Å². The number of pyridine rings is 1. The molecule has 3 atom stereocenters. The molecule has 0 bridgehead atoms. The van der Waals surface area contributed by atoms with Gasteiger partial charge in [-0.2, -0.15) is 0 Å². The lowest BCUT2D eigenvalue weighted by Gasteiger charge is -2.36. The Bertz CT molecular complexity index is 1820. The number of likely N-dealkylation sites (tertiary alicyclic amines) is 1. The van der Waals surface area contributed by atoms with Crippen LogP contribution in [0.4, 0.5) is 0 Å². The number of aromatic nitrogens is 1. The van der Waals surface area contributed by atoms with Crippen molar-refractivity contribution in [2.45, 2.75) is 90.4 Å². The molecule has 3 aliphatic rings. The predicted octanol–water partition coefficient (Wildman–Crippen LogP) is 8.18. The van der Waals surface area contributed by atoms with E-state index in [4.69, 9.17) is 9.26 Å². The Hall–Kier alpha value is -4.22. The molecule has 11 nitrogen and oxygen atoms in total. The number of ether oxygens (including phenoxy) is 1. The van der Waals surface area contributed by atoms with Crippen LogP contribution in [0.1, 0.15) is 92.9 Å². The number of esters is 1. The minimum atomic E-state index is -1.21. The number of fused-ring (bicyclic) bond motifs is 2. The molecule has 0 spiro atoms. The third kappa shape index (κ3) is 14.3. The molecule has 3 fully saturated rings. The number of rotatable bonds is 13. The van der Waals surface area contributed by atoms with Crippen LogP contribution in [-0.2, 0) is 25.3 Å². The fraction of sp³-hybridized carbons (Fsp3) is 0.477. The van der Waals surface area contributed by atoms with E-state index in [0.717, 1.165) is 66.6 Å². The average molecular weight is 818 g/mol. The van der Waals surface area contributed by atoms with Crippen LogP contribution >= 0.6 is 19.6 Å². The highest BCUT2D eigenvalue weighted by Crippen LogP contribution is 2.40. The second-order valence-corrected chi connectivity index (χ2v) is 17.8. The third-order valence-electron chi connectivity index (χ3n) is 9.85. The predicted molar refractivity (Wildman–Crippen MR) is 230 cm³/mol. The van der Waals surface area contributed by atoms with Crippen molar-refractivity contribution in [1.82, 2.24) is 19.9 Å². The van der Waals surface area contributed by atoms with Crippen molar-refractivity contribution in [1.29, 1.82) is 0 Å². The maximum atomic E-state index is 12.8. The van der Waals surface area contributed by atoms with E-state index in [2.05, 4.69) is 38.9 Å². The van der Waals surface area contributed by atoms with Gasteiger partial charge in [0.25, 0.3) is 0 Å². The van der Waals surface area contributed by atoms with Crippen LogP contribution in [0.2, 0.25) is 0 Å². The molecule has 13 heteroatoms. The summed E-state index contributed by atoms with van der Waals surface area (Å²) in [5.74, 6) is 1.75. The van der Waals surface area contributed by atoms with E-state index < -0.39 is 14.3 Å². The molecule has 308 valence electrons. The van der Waals surface area contributed by atoms with Crippen molar-refractivity contribution in [3.63, 3.8) is 0 Å². The second-order valence-electron chi connectivity index (χ2n) is 15.1. The van der Waals surface area contributed by atoms with Crippen molar-refractivity contribution in [2.24, 2.45) is 17.6 Å². The number of nitrogens with two attached hydrogens (primary N) is 1. The first-order chi connectivity index (χ1) is 27.6. The first-order valence-corrected chi connectivity index (χ1v) is 22.3. The van der Waals surface area contributed by atoms with Gasteiger partial charge in [0, 0.05) is 61.3 Å². The maximum absolute atomic E-state index is 12.8. The minimum Gasteiger partial charge on any atom is -0.464 e. The largest absolute Gasteiger partial charge is 0.464 e. The Kier molecular flexibility index (Phi) is 19.1. The molecule has 0 aliphatic carbocycles. The number of carbonyl (C=O) groups excluding carboxylic acids is 4. The van der Waals surface area contributed by atoms with Gasteiger partial charge in [-0.15, -0.1) is 11.3 Å². The van der Waals surface area contributed by atoms with Crippen LogP contribution in [-0.4, -0.2) is 84.7 Å². The number of aldehydes is 1. The number of benzene rings is 2. The molecule has 2 amide bonds. The van der Waals surface area contributed by atoms with Crippen LogP contribution in [0, 0.1) is 11.8 Å². The molecule has 3 N–H and O–H groups in total. The zero-order valence-corrected chi connectivity index (χ0v) is 35.8. The maximum Gasteiger partial charge on any atom is 0.323 e. The standard InChI is InChI=1S/C25H30NO4PS.C9H10N2O.C9H15NO.CH5N/c1-17(2)15-29-25(28)24(18(3)4)26-31(30-21-8-6-5-7-9-21)16-19-10-11-23-20(12-19)13-22(14-27)32-23;12-7-11-5-9(6-11)8-2-1-3-10-4-8;11-9-6-2-1-4-8-5-3-7-10(8)9;1-2/h5-14,17-18,24,26H,15-16H2,1-4H3;1-4,7,9H,5-6H2;8H,1-7H2;2H2,1H3. The molecule has 0 saturated carbocycles. The Morgan fingerprint density at radius 1 is 1.00 bits per heavy atom. The fourth-order valence-electron chi connectivity index (χ4n) is 6.81. The van der Waals surface area contributed by atoms with E-state index in [1.807, 2.05) is 82.4 Å². The summed E-state index contributed by atoms with van der Waals surface area (Å²) >= 11 is 1.48. The summed E-state index contributed by atoms with van der Waals surface area (Å²) in [6.07, 6.45) is 12.9. The zero-order valence-electron chi connectivity index (χ0n) is 34.0. The van der Waals surface area contributed by atoms with Crippen molar-refractivity contribution >= 4 is 54.3 Å². The Labute approximate surface area is 343 Å². The van der Waals surface area contributed by atoms with Gasteiger partial charge >= 0.3 is 5.97 Å². The topological polar surface area (TPSA) is 144 Å². The lowest BCUT2D eigenvalue weighted by Crippen LogP contribution is -2.43. The van der Waals surface area contributed by atoms with Gasteiger partial charge in [0.15, 0.2) is 14.6 Å². The van der Waals surface area contributed by atoms with Crippen molar-refractivity contribution in [2.75, 3.05) is 33.3 Å². The molecule has 3 saturated heterocycles. The number of carbonyl (C=O) groups is 4. The summed E-state index contributed by atoms with van der Waals surface area (Å²) in [7, 11) is 0.287. The fourth-order valence-corrected chi connectivity index (χ4v) is 9.49. The monoisotopic (exact) mass is 817 g/mol. The van der Waals surface area contributed by atoms with E-state index in [-0.39, 0.29) is 17.8 Å². The van der Waals surface area contributed by atoms with Gasteiger partial charge in [-0.3, -0.25) is 24.2 Å². The summed E-state index contributed by atoms with van der Waals surface area (Å²) < 4.78 is 12.9. The highest BCUT2D eigenvalue weighted by atomic mass is 32.1. The van der Waals surface area contributed by atoms with E-state index in [0.29, 0.717) is 35.5 Å². The van der Waals surface area contributed by atoms with E-state index in [9.17, 15) is 19.2 Å². The number of hydrogen-bond acceptors (Lipinski definition) is 10. The van der Waals surface area contributed by atoms with Crippen LogP contribution in [0.25, 0.3) is 10.1 Å². The van der Waals surface area contributed by atoms with Crippen LogP contribution < -0.4 is 15.3 Å². The van der Waals surface area contributed by atoms with Gasteiger partial charge in [0.1, 0.15) is 11.8 Å². The number of para-hydroxylation sites is 1. The van der Waals surface area contributed by atoms with E-state index in [1.165, 1.54) is 49.6 Å². The highest BCUT2D eigenvalue weighted by Gasteiger charge is 2.30. The van der Waals surface area contributed by atoms with Gasteiger partial charge in [0.05, 0.1) is 11.5 Å². The summed E-state index contributed by atoms with van der Waals surface area (Å²) in [6.45, 7) is 11.2. The number of amides is 2. The van der Waals surface area contributed by atoms with Crippen molar-refractivity contribution in [3.8, 4) is 5.75 Å². The molecule has 2 aromatic heterocycles. The number of hydrogen-bond donors (Lipinski definition) is 2. The average Bonchev–Trinajstić information content (AvgIpc) is 3.82. The van der Waals surface area contributed by atoms with Gasteiger partial charge in [-0.1, -0.05) is 64.4 Å². The van der Waals surface area contributed by atoms with E-state index in [1.54, 1.807) is 11.1 Å². The second kappa shape index (κ2) is 23.9. The van der Waals surface area contributed by atoms with Crippen molar-refractivity contribution < 1.29 is 28.4 Å². The SMILES string of the molecule is CC(C)COC(=O)C(NP(Cc1ccc2sc(C=O)cc2c1)Oc1ccccc1)C(C)C.CN.O=C1CCCCC2CCCN12.O=CN1CC(c2cccnc2)C1. The Balaban J connectivity index is 0.000000231. The Morgan fingerprint density at radius 2 is 1.75 bits per heavy atom. The molecule has 7 rings (SSSR count).